The minimum atomic E-state index is -0.347. The van der Waals surface area contributed by atoms with Crippen molar-refractivity contribution in [2.24, 2.45) is 5.73 Å². The summed E-state index contributed by atoms with van der Waals surface area (Å²) in [6, 6.07) is 4.35. The molecule has 0 fully saturated rings. The van der Waals surface area contributed by atoms with Gasteiger partial charge >= 0.3 is 0 Å². The fourth-order valence-corrected chi connectivity index (χ4v) is 1.30. The van der Waals surface area contributed by atoms with E-state index >= 15 is 0 Å². The Morgan fingerprint density at radius 3 is 2.69 bits per heavy atom. The quantitative estimate of drug-likeness (QED) is 0.796. The van der Waals surface area contributed by atoms with Gasteiger partial charge in [0.15, 0.2) is 0 Å². The summed E-state index contributed by atoms with van der Waals surface area (Å²) < 4.78 is 12.9. The van der Waals surface area contributed by atoms with Crippen molar-refractivity contribution in [3.05, 3.63) is 41.2 Å². The van der Waals surface area contributed by atoms with Gasteiger partial charge in [-0.25, -0.2) is 4.39 Å². The molecule has 0 atom stereocenters. The molecule has 13 heavy (non-hydrogen) atoms. The summed E-state index contributed by atoms with van der Waals surface area (Å²) in [5.41, 5.74) is 6.88. The molecular formula is C10H11ClFN. The first-order valence-electron chi connectivity index (χ1n) is 3.98. The summed E-state index contributed by atoms with van der Waals surface area (Å²) in [5.74, 6) is -0.347. The SMILES string of the molecule is C=C(CCN)c1cc(F)cc(Cl)c1. The molecule has 1 rings (SSSR count). The van der Waals surface area contributed by atoms with Gasteiger partial charge in [0, 0.05) is 5.02 Å². The van der Waals surface area contributed by atoms with Gasteiger partial charge in [-0.3, -0.25) is 0 Å². The highest BCUT2D eigenvalue weighted by Gasteiger charge is 2.02. The van der Waals surface area contributed by atoms with Crippen LogP contribution in [-0.2, 0) is 0 Å². The van der Waals surface area contributed by atoms with E-state index in [-0.39, 0.29) is 5.82 Å². The maximum Gasteiger partial charge on any atom is 0.125 e. The van der Waals surface area contributed by atoms with Crippen LogP contribution in [0.4, 0.5) is 4.39 Å². The number of nitrogens with two attached hydrogens (primary N) is 1. The smallest absolute Gasteiger partial charge is 0.125 e. The molecule has 0 aliphatic rings. The molecule has 0 saturated carbocycles. The van der Waals surface area contributed by atoms with E-state index in [1.165, 1.54) is 12.1 Å². The van der Waals surface area contributed by atoms with Crippen molar-refractivity contribution in [3.63, 3.8) is 0 Å². The van der Waals surface area contributed by atoms with E-state index in [9.17, 15) is 4.39 Å². The molecule has 0 aliphatic heterocycles. The van der Waals surface area contributed by atoms with E-state index in [2.05, 4.69) is 6.58 Å². The third-order valence-electron chi connectivity index (χ3n) is 1.72. The molecular weight excluding hydrogens is 189 g/mol. The highest BCUT2D eigenvalue weighted by atomic mass is 35.5. The van der Waals surface area contributed by atoms with E-state index in [1.807, 2.05) is 0 Å². The van der Waals surface area contributed by atoms with Crippen LogP contribution in [0, 0.1) is 5.82 Å². The second-order valence-electron chi connectivity index (χ2n) is 2.80. The lowest BCUT2D eigenvalue weighted by Gasteiger charge is -2.04. The summed E-state index contributed by atoms with van der Waals surface area (Å²) in [4.78, 5) is 0. The Morgan fingerprint density at radius 2 is 2.15 bits per heavy atom. The minimum Gasteiger partial charge on any atom is -0.330 e. The van der Waals surface area contributed by atoms with Gasteiger partial charge in [-0.05, 0) is 42.3 Å². The molecule has 0 radical (unpaired) electrons. The third kappa shape index (κ3) is 2.83. The molecule has 0 spiro atoms. The normalized spacial score (nSPS) is 10.1. The molecule has 2 N–H and O–H groups in total. The lowest BCUT2D eigenvalue weighted by molar-refractivity contribution is 0.627. The molecule has 0 bridgehead atoms. The first kappa shape index (κ1) is 10.2. The van der Waals surface area contributed by atoms with Crippen molar-refractivity contribution in [1.82, 2.24) is 0 Å². The van der Waals surface area contributed by atoms with E-state index in [0.717, 1.165) is 11.1 Å². The Balaban J connectivity index is 2.94. The fraction of sp³-hybridized carbons (Fsp3) is 0.200. The van der Waals surface area contributed by atoms with E-state index in [4.69, 9.17) is 17.3 Å². The Labute approximate surface area is 82.0 Å². The monoisotopic (exact) mass is 199 g/mol. The maximum atomic E-state index is 12.9. The number of hydrogen-bond donors (Lipinski definition) is 1. The first-order chi connectivity index (χ1) is 6.13. The van der Waals surface area contributed by atoms with Crippen LogP contribution in [0.15, 0.2) is 24.8 Å². The number of rotatable bonds is 3. The van der Waals surface area contributed by atoms with Crippen molar-refractivity contribution < 1.29 is 4.39 Å². The Morgan fingerprint density at radius 1 is 1.46 bits per heavy atom. The molecule has 3 heteroatoms. The fourth-order valence-electron chi connectivity index (χ4n) is 1.08. The van der Waals surface area contributed by atoms with Crippen molar-refractivity contribution in [3.8, 4) is 0 Å². The van der Waals surface area contributed by atoms with Gasteiger partial charge in [0.25, 0.3) is 0 Å². The highest BCUT2D eigenvalue weighted by Crippen LogP contribution is 2.21. The van der Waals surface area contributed by atoms with Crippen molar-refractivity contribution >= 4 is 17.2 Å². The van der Waals surface area contributed by atoms with E-state index in [1.54, 1.807) is 6.07 Å². The molecule has 0 amide bonds. The third-order valence-corrected chi connectivity index (χ3v) is 1.94. The van der Waals surface area contributed by atoms with Crippen LogP contribution in [0.1, 0.15) is 12.0 Å². The second kappa shape index (κ2) is 4.40. The summed E-state index contributed by atoms with van der Waals surface area (Å²) in [6.07, 6.45) is 0.653. The van der Waals surface area contributed by atoms with Gasteiger partial charge in [-0.1, -0.05) is 18.2 Å². The highest BCUT2D eigenvalue weighted by molar-refractivity contribution is 6.30. The predicted molar refractivity (Wildman–Crippen MR) is 54.1 cm³/mol. The van der Waals surface area contributed by atoms with Crippen LogP contribution < -0.4 is 5.73 Å². The van der Waals surface area contributed by atoms with E-state index < -0.39 is 0 Å². The minimum absolute atomic E-state index is 0.347. The lowest BCUT2D eigenvalue weighted by atomic mass is 10.0. The average molecular weight is 200 g/mol. The molecule has 1 nitrogen and oxygen atoms in total. The van der Waals surface area contributed by atoms with Crippen LogP contribution in [0.2, 0.25) is 5.02 Å². The van der Waals surface area contributed by atoms with Gasteiger partial charge in [0.1, 0.15) is 5.82 Å². The molecule has 70 valence electrons. The Kier molecular flexibility index (Phi) is 3.46. The average Bonchev–Trinajstić information content (AvgIpc) is 2.03. The number of hydrogen-bond acceptors (Lipinski definition) is 1. The summed E-state index contributed by atoms with van der Waals surface area (Å²) >= 11 is 5.68. The standard InChI is InChI=1S/C10H11ClFN/c1-7(2-3-13)8-4-9(11)6-10(12)5-8/h4-6H,1-3,13H2. The molecule has 1 aromatic carbocycles. The van der Waals surface area contributed by atoms with Crippen LogP contribution in [0.25, 0.3) is 5.57 Å². The Bertz CT molecular complexity index is 302. The molecule has 1 aromatic rings. The molecule has 0 heterocycles. The zero-order valence-electron chi connectivity index (χ0n) is 7.19. The molecule has 0 aliphatic carbocycles. The number of halogens is 2. The zero-order chi connectivity index (χ0) is 9.84. The van der Waals surface area contributed by atoms with Gasteiger partial charge in [0.2, 0.25) is 0 Å². The Hall–Kier alpha value is -0.860. The van der Waals surface area contributed by atoms with E-state index in [0.29, 0.717) is 18.0 Å². The topological polar surface area (TPSA) is 26.0 Å². The zero-order valence-corrected chi connectivity index (χ0v) is 7.94. The summed E-state index contributed by atoms with van der Waals surface area (Å²) in [7, 11) is 0. The number of benzene rings is 1. The lowest BCUT2D eigenvalue weighted by Crippen LogP contribution is -1.99. The largest absolute Gasteiger partial charge is 0.330 e. The van der Waals surface area contributed by atoms with Gasteiger partial charge < -0.3 is 5.73 Å². The molecule has 0 saturated heterocycles. The van der Waals surface area contributed by atoms with Crippen molar-refractivity contribution in [2.45, 2.75) is 6.42 Å². The summed E-state index contributed by atoms with van der Waals surface area (Å²) in [5, 5.41) is 0.383. The van der Waals surface area contributed by atoms with Gasteiger partial charge in [-0.15, -0.1) is 0 Å². The first-order valence-corrected chi connectivity index (χ1v) is 4.35. The van der Waals surface area contributed by atoms with Gasteiger partial charge in [-0.2, -0.15) is 0 Å². The van der Waals surface area contributed by atoms with Crippen LogP contribution >= 0.6 is 11.6 Å². The van der Waals surface area contributed by atoms with Crippen LogP contribution in [0.5, 0.6) is 0 Å². The predicted octanol–water partition coefficient (Wildman–Crippen LogP) is 2.84. The van der Waals surface area contributed by atoms with Crippen molar-refractivity contribution in [2.75, 3.05) is 6.54 Å². The molecule has 0 aromatic heterocycles. The summed E-state index contributed by atoms with van der Waals surface area (Å²) in [6.45, 7) is 4.30. The maximum absolute atomic E-state index is 12.9. The van der Waals surface area contributed by atoms with Crippen LogP contribution in [0.3, 0.4) is 0 Å². The molecule has 0 unspecified atom stereocenters. The van der Waals surface area contributed by atoms with Crippen LogP contribution in [-0.4, -0.2) is 6.54 Å². The second-order valence-corrected chi connectivity index (χ2v) is 3.24. The van der Waals surface area contributed by atoms with Crippen molar-refractivity contribution in [1.29, 1.82) is 0 Å². The van der Waals surface area contributed by atoms with Gasteiger partial charge in [0.05, 0.1) is 0 Å².